The number of carbonyl (C=O) groups is 4. The lowest BCUT2D eigenvalue weighted by atomic mass is 9.77. The fraction of sp³-hybridized carbons (Fsp3) is 0.714. The van der Waals surface area contributed by atoms with Gasteiger partial charge in [0, 0.05) is 30.2 Å². The van der Waals surface area contributed by atoms with Crippen LogP contribution in [0.1, 0.15) is 111 Å². The smallest absolute Gasteiger partial charge is 0.307 e. The zero-order chi connectivity index (χ0) is 42.2. The molecule has 1 aromatic carbocycles. The number of ether oxygens (including phenoxy) is 3. The summed E-state index contributed by atoms with van der Waals surface area (Å²) in [7, 11) is -2.65. The van der Waals surface area contributed by atoms with Gasteiger partial charge in [-0.25, -0.2) is 27.2 Å². The van der Waals surface area contributed by atoms with Crippen LogP contribution in [0.4, 0.5) is 8.78 Å². The monoisotopic (exact) mass is 830 g/mol. The lowest BCUT2D eigenvalue weighted by molar-refractivity contribution is -0.158. The van der Waals surface area contributed by atoms with E-state index in [1.807, 2.05) is 38.5 Å². The standard InChI is InChI=1S/C42H56F2N4O9S/c1-23-32-22-48(34(23)31(49)21-42(20-27(42)35(43)44)38(52)47-58(53,54)40(5)15-16-40)37(51)26(39(2,3)4)18-33(50)57-41(6)19-24(41)11-9-8-10-12-29-36(56-32)46-30-17-25(55-7)13-14-28(30)45-29/h13-14,17,23-24,26-27,32,34-35H,8-12,15-16,18-22H2,1-7H3,(H,47,52)/t23-,24+,26-,27+,32+,34+,41-,42-/m1/s1. The first kappa shape index (κ1) is 42.2. The molecule has 0 unspecified atom stereocenters. The number of aryl methyl sites for hydroxylation is 1. The number of nitrogens with one attached hydrogen (secondary N) is 1. The molecular formula is C42H56F2N4O9S. The Hall–Kier alpha value is -3.95. The summed E-state index contributed by atoms with van der Waals surface area (Å²) in [4.78, 5) is 68.0. The number of halogens is 2. The van der Waals surface area contributed by atoms with Crippen molar-refractivity contribution < 1.29 is 50.6 Å². The van der Waals surface area contributed by atoms with Gasteiger partial charge in [0.25, 0.3) is 0 Å². The Morgan fingerprint density at radius 1 is 1.07 bits per heavy atom. The predicted molar refractivity (Wildman–Crippen MR) is 208 cm³/mol. The molecule has 2 amide bonds. The van der Waals surface area contributed by atoms with E-state index in [0.717, 1.165) is 32.1 Å². The maximum atomic E-state index is 14.9. The van der Waals surface area contributed by atoms with Crippen LogP contribution in [0.5, 0.6) is 11.6 Å². The first-order valence-electron chi connectivity index (χ1n) is 20.5. The number of rotatable bonds is 8. The van der Waals surface area contributed by atoms with E-state index in [0.29, 0.717) is 41.7 Å². The van der Waals surface area contributed by atoms with Crippen molar-refractivity contribution in [3.8, 4) is 11.6 Å². The SMILES string of the molecule is COc1ccc2nc3c(nc2c1)O[C@H]1CN(C(=O)[C@H](C(C)(C)C)CC(=O)O[C@]2(C)C[C@@H]2CCCCC3)[C@H](C(=O)C[C@]2(C(=O)NS(=O)(=O)C3(C)CC3)C[C@H]2C(F)F)[C@@H]1C. The number of hydrogen-bond donors (Lipinski definition) is 1. The van der Waals surface area contributed by atoms with Crippen LogP contribution < -0.4 is 14.2 Å². The molecule has 58 heavy (non-hydrogen) atoms. The fourth-order valence-electron chi connectivity index (χ4n) is 9.05. The number of hydrogen-bond acceptors (Lipinski definition) is 11. The van der Waals surface area contributed by atoms with E-state index in [-0.39, 0.29) is 31.2 Å². The van der Waals surface area contributed by atoms with Crippen molar-refractivity contribution >= 4 is 44.6 Å². The van der Waals surface area contributed by atoms with Crippen molar-refractivity contribution in [1.29, 1.82) is 0 Å². The van der Waals surface area contributed by atoms with E-state index < -0.39 is 97.5 Å². The Labute approximate surface area is 338 Å². The number of aromatic nitrogens is 2. The minimum atomic E-state index is -4.19. The summed E-state index contributed by atoms with van der Waals surface area (Å²) in [5, 5.41) is 0. The van der Waals surface area contributed by atoms with Gasteiger partial charge in [-0.3, -0.25) is 23.9 Å². The van der Waals surface area contributed by atoms with Gasteiger partial charge in [0.15, 0.2) is 5.78 Å². The molecule has 13 nitrogen and oxygen atoms in total. The first-order valence-corrected chi connectivity index (χ1v) is 22.0. The lowest BCUT2D eigenvalue weighted by Gasteiger charge is -2.35. The number of amides is 2. The van der Waals surface area contributed by atoms with Crippen molar-refractivity contribution in [2.45, 2.75) is 141 Å². The Bertz CT molecular complexity index is 2110. The quantitative estimate of drug-likeness (QED) is 0.312. The average Bonchev–Trinajstić information content (AvgIpc) is 4.09. The molecule has 1 saturated heterocycles. The van der Waals surface area contributed by atoms with Gasteiger partial charge in [-0.1, -0.05) is 40.5 Å². The number of sulfonamides is 1. The fourth-order valence-corrected chi connectivity index (χ4v) is 10.4. The number of ketones is 1. The minimum absolute atomic E-state index is 0.112. The number of Topliss-reactive ketones (excluding diaryl/α,β-unsaturated/α-hetero) is 1. The largest absolute Gasteiger partial charge is 0.497 e. The summed E-state index contributed by atoms with van der Waals surface area (Å²) in [5.41, 5.74) is -1.63. The molecule has 1 N–H and O–H groups in total. The molecule has 0 spiro atoms. The summed E-state index contributed by atoms with van der Waals surface area (Å²) in [6.45, 7) is 10.5. The highest BCUT2D eigenvalue weighted by molar-refractivity contribution is 7.91. The Kier molecular flexibility index (Phi) is 10.9. The molecule has 2 aliphatic heterocycles. The molecule has 3 aliphatic carbocycles. The highest BCUT2D eigenvalue weighted by Crippen LogP contribution is 2.59. The van der Waals surface area contributed by atoms with Crippen LogP contribution in [0.2, 0.25) is 0 Å². The average molecular weight is 831 g/mol. The molecule has 4 fully saturated rings. The maximum absolute atomic E-state index is 14.9. The molecule has 16 heteroatoms. The summed E-state index contributed by atoms with van der Waals surface area (Å²) in [6, 6.07) is 4.08. The second kappa shape index (κ2) is 14.9. The third-order valence-corrected chi connectivity index (χ3v) is 15.8. The first-order chi connectivity index (χ1) is 27.1. The van der Waals surface area contributed by atoms with Gasteiger partial charge in [0.05, 0.1) is 53.2 Å². The normalized spacial score (nSPS) is 32.6. The van der Waals surface area contributed by atoms with Crippen molar-refractivity contribution in [2.75, 3.05) is 13.7 Å². The van der Waals surface area contributed by atoms with Crippen LogP contribution in [0, 0.1) is 34.5 Å². The summed E-state index contributed by atoms with van der Waals surface area (Å²) in [5.74, 6) is -5.09. The van der Waals surface area contributed by atoms with E-state index in [4.69, 9.17) is 24.2 Å². The number of benzene rings is 1. The third kappa shape index (κ3) is 8.02. The van der Waals surface area contributed by atoms with Gasteiger partial charge >= 0.3 is 5.97 Å². The number of alkyl halides is 2. The summed E-state index contributed by atoms with van der Waals surface area (Å²) >= 11 is 0. The molecule has 3 heterocycles. The molecule has 2 aromatic rings. The Morgan fingerprint density at radius 3 is 2.43 bits per heavy atom. The van der Waals surface area contributed by atoms with Gasteiger partial charge in [-0.2, -0.15) is 0 Å². The van der Waals surface area contributed by atoms with Crippen molar-refractivity contribution in [1.82, 2.24) is 19.6 Å². The van der Waals surface area contributed by atoms with Gasteiger partial charge < -0.3 is 19.1 Å². The number of fused-ring (bicyclic) bond motifs is 5. The highest BCUT2D eigenvalue weighted by Gasteiger charge is 2.67. The van der Waals surface area contributed by atoms with Crippen molar-refractivity contribution in [3.05, 3.63) is 23.9 Å². The zero-order valence-corrected chi connectivity index (χ0v) is 35.3. The van der Waals surface area contributed by atoms with Crippen LogP contribution in [0.3, 0.4) is 0 Å². The molecule has 2 bridgehead atoms. The molecule has 5 aliphatic rings. The number of nitrogens with zero attached hydrogens (tertiary/aromatic N) is 3. The van der Waals surface area contributed by atoms with Gasteiger partial charge in [-0.15, -0.1) is 0 Å². The number of carbonyl (C=O) groups excluding carboxylic acids is 4. The second-order valence-electron chi connectivity index (χ2n) is 19.0. The molecule has 0 radical (unpaired) electrons. The minimum Gasteiger partial charge on any atom is -0.497 e. The van der Waals surface area contributed by atoms with E-state index in [2.05, 4.69) is 0 Å². The zero-order valence-electron chi connectivity index (χ0n) is 34.4. The van der Waals surface area contributed by atoms with Crippen LogP contribution in [-0.2, 0) is 40.4 Å². The maximum Gasteiger partial charge on any atom is 0.307 e. The van der Waals surface area contributed by atoms with Gasteiger partial charge in [0.1, 0.15) is 23.1 Å². The third-order valence-electron chi connectivity index (χ3n) is 13.7. The molecular weight excluding hydrogens is 775 g/mol. The number of esters is 1. The lowest BCUT2D eigenvalue weighted by Crippen LogP contribution is -2.50. The van der Waals surface area contributed by atoms with Crippen molar-refractivity contribution in [2.24, 2.45) is 34.5 Å². The molecule has 1 aromatic heterocycles. The van der Waals surface area contributed by atoms with E-state index in [1.54, 1.807) is 26.2 Å². The van der Waals surface area contributed by atoms with E-state index in [1.165, 1.54) is 11.8 Å². The topological polar surface area (TPSA) is 171 Å². The predicted octanol–water partition coefficient (Wildman–Crippen LogP) is 5.95. The van der Waals surface area contributed by atoms with Crippen LogP contribution >= 0.6 is 0 Å². The van der Waals surface area contributed by atoms with Gasteiger partial charge in [0.2, 0.25) is 34.1 Å². The van der Waals surface area contributed by atoms with Crippen LogP contribution in [0.25, 0.3) is 11.0 Å². The second-order valence-corrected chi connectivity index (χ2v) is 21.2. The molecule has 8 atom stereocenters. The summed E-state index contributed by atoms with van der Waals surface area (Å²) < 4.78 is 73.9. The van der Waals surface area contributed by atoms with E-state index in [9.17, 15) is 36.4 Å². The van der Waals surface area contributed by atoms with Gasteiger partial charge in [-0.05, 0) is 76.3 Å². The van der Waals surface area contributed by atoms with Crippen LogP contribution in [0.15, 0.2) is 18.2 Å². The highest BCUT2D eigenvalue weighted by atomic mass is 32.2. The van der Waals surface area contributed by atoms with Crippen LogP contribution in [-0.4, -0.2) is 89.4 Å². The number of methoxy groups -OCH3 is 1. The Morgan fingerprint density at radius 2 is 1.79 bits per heavy atom. The molecule has 7 rings (SSSR count). The molecule has 318 valence electrons. The summed E-state index contributed by atoms with van der Waals surface area (Å²) in [6.07, 6.45) is 0.185. The molecule has 3 saturated carbocycles. The Balaban J connectivity index is 1.26. The van der Waals surface area contributed by atoms with E-state index >= 15 is 0 Å². The van der Waals surface area contributed by atoms with Crippen molar-refractivity contribution in [3.63, 3.8) is 0 Å².